The molecule has 1 aliphatic heterocycles. The lowest BCUT2D eigenvalue weighted by atomic mass is 10.2. The first-order valence-corrected chi connectivity index (χ1v) is 7.21. The van der Waals surface area contributed by atoms with E-state index in [1.165, 1.54) is 18.2 Å². The van der Waals surface area contributed by atoms with Gasteiger partial charge in [-0.1, -0.05) is 11.6 Å². The van der Waals surface area contributed by atoms with Gasteiger partial charge in [-0.05, 0) is 43.3 Å². The van der Waals surface area contributed by atoms with Gasteiger partial charge < -0.3 is 10.1 Å². The van der Waals surface area contributed by atoms with E-state index in [-0.39, 0.29) is 10.9 Å². The molecule has 2 aromatic carbocycles. The molecule has 0 spiro atoms. The van der Waals surface area contributed by atoms with E-state index in [0.717, 1.165) is 4.90 Å². The molecule has 118 valence electrons. The third-order valence-electron chi connectivity index (χ3n) is 3.36. The quantitative estimate of drug-likeness (QED) is 0.870. The van der Waals surface area contributed by atoms with Gasteiger partial charge in [0, 0.05) is 6.07 Å². The summed E-state index contributed by atoms with van der Waals surface area (Å²) in [4.78, 5) is 24.7. The van der Waals surface area contributed by atoms with E-state index >= 15 is 0 Å². The van der Waals surface area contributed by atoms with E-state index in [9.17, 15) is 14.0 Å². The number of halogens is 2. The first kappa shape index (κ1) is 15.3. The Morgan fingerprint density at radius 2 is 1.78 bits per heavy atom. The minimum Gasteiger partial charge on any atom is -0.457 e. The highest BCUT2D eigenvalue weighted by atomic mass is 35.5. The van der Waals surface area contributed by atoms with Crippen molar-refractivity contribution in [1.29, 1.82) is 0 Å². The van der Waals surface area contributed by atoms with E-state index in [2.05, 4.69) is 5.32 Å². The average molecular weight is 335 g/mol. The van der Waals surface area contributed by atoms with Crippen molar-refractivity contribution in [3.05, 3.63) is 53.3 Å². The molecule has 1 unspecified atom stereocenters. The number of urea groups is 1. The van der Waals surface area contributed by atoms with Crippen molar-refractivity contribution in [3.8, 4) is 11.5 Å². The number of amides is 3. The number of nitrogens with zero attached hydrogens (tertiary/aromatic N) is 1. The van der Waals surface area contributed by atoms with Crippen LogP contribution in [0.2, 0.25) is 5.02 Å². The normalized spacial score (nSPS) is 17.3. The fraction of sp³-hybridized carbons (Fsp3) is 0.125. The van der Waals surface area contributed by atoms with Crippen LogP contribution in [0.15, 0.2) is 42.5 Å². The summed E-state index contributed by atoms with van der Waals surface area (Å²) < 4.78 is 18.7. The molecule has 7 heteroatoms. The van der Waals surface area contributed by atoms with Crippen LogP contribution in [0, 0.1) is 5.82 Å². The molecule has 1 aliphatic rings. The summed E-state index contributed by atoms with van der Waals surface area (Å²) in [6.07, 6.45) is 0. The van der Waals surface area contributed by atoms with Crippen molar-refractivity contribution in [1.82, 2.24) is 5.32 Å². The maximum atomic E-state index is 13.1. The molecule has 23 heavy (non-hydrogen) atoms. The predicted octanol–water partition coefficient (Wildman–Crippen LogP) is 3.72. The minimum atomic E-state index is -0.542. The van der Waals surface area contributed by atoms with Crippen LogP contribution in [0.5, 0.6) is 11.5 Å². The number of rotatable bonds is 3. The lowest BCUT2D eigenvalue weighted by Gasteiger charge is -2.13. The van der Waals surface area contributed by atoms with E-state index in [0.29, 0.717) is 17.2 Å². The number of imide groups is 1. The van der Waals surface area contributed by atoms with E-state index in [1.807, 2.05) is 0 Å². The van der Waals surface area contributed by atoms with Crippen molar-refractivity contribution >= 4 is 29.2 Å². The molecule has 1 N–H and O–H groups in total. The number of carbonyl (C=O) groups is 2. The molecule has 0 saturated carbocycles. The fourth-order valence-corrected chi connectivity index (χ4v) is 2.36. The molecule has 1 saturated heterocycles. The summed E-state index contributed by atoms with van der Waals surface area (Å²) in [6, 6.07) is 9.43. The van der Waals surface area contributed by atoms with Crippen molar-refractivity contribution in [2.45, 2.75) is 13.0 Å². The van der Waals surface area contributed by atoms with Crippen molar-refractivity contribution in [2.24, 2.45) is 0 Å². The summed E-state index contributed by atoms with van der Waals surface area (Å²) in [5.74, 6) is 0.0142. The number of hydrogen-bond acceptors (Lipinski definition) is 3. The highest BCUT2D eigenvalue weighted by molar-refractivity contribution is 6.30. The zero-order valence-electron chi connectivity index (χ0n) is 12.0. The van der Waals surface area contributed by atoms with E-state index in [4.69, 9.17) is 16.3 Å². The molecule has 0 aliphatic carbocycles. The van der Waals surface area contributed by atoms with Gasteiger partial charge in [0.05, 0.1) is 10.7 Å². The van der Waals surface area contributed by atoms with Crippen molar-refractivity contribution in [3.63, 3.8) is 0 Å². The second-order valence-electron chi connectivity index (χ2n) is 5.02. The number of ether oxygens (including phenoxy) is 1. The van der Waals surface area contributed by atoms with Gasteiger partial charge in [-0.25, -0.2) is 14.1 Å². The molecule has 0 bridgehead atoms. The predicted molar refractivity (Wildman–Crippen MR) is 83.4 cm³/mol. The van der Waals surface area contributed by atoms with Crippen LogP contribution in [0.3, 0.4) is 0 Å². The van der Waals surface area contributed by atoms with Gasteiger partial charge in [0.1, 0.15) is 23.4 Å². The summed E-state index contributed by atoms with van der Waals surface area (Å²) in [7, 11) is 0. The molecule has 0 aromatic heterocycles. The van der Waals surface area contributed by atoms with Crippen LogP contribution in [0.25, 0.3) is 0 Å². The van der Waals surface area contributed by atoms with Crippen LogP contribution in [-0.2, 0) is 4.79 Å². The first-order valence-electron chi connectivity index (χ1n) is 6.83. The Labute approximate surface area is 136 Å². The SMILES string of the molecule is CC1NC(=O)N(c2ccc(Oc3ccc(F)c(Cl)c3)cc2)C1=O. The van der Waals surface area contributed by atoms with Crippen LogP contribution in [0.4, 0.5) is 14.9 Å². The Hall–Kier alpha value is -2.60. The maximum absolute atomic E-state index is 13.1. The third kappa shape index (κ3) is 2.98. The summed E-state index contributed by atoms with van der Waals surface area (Å²) in [5.41, 5.74) is 0.446. The Kier molecular flexibility index (Phi) is 3.92. The molecule has 2 aromatic rings. The van der Waals surface area contributed by atoms with Crippen LogP contribution < -0.4 is 15.0 Å². The molecule has 1 fully saturated rings. The van der Waals surface area contributed by atoms with Gasteiger partial charge in [0.15, 0.2) is 0 Å². The lowest BCUT2D eigenvalue weighted by Crippen LogP contribution is -2.30. The molecule has 5 nitrogen and oxygen atoms in total. The second kappa shape index (κ2) is 5.89. The van der Waals surface area contributed by atoms with Crippen LogP contribution in [0.1, 0.15) is 6.92 Å². The second-order valence-corrected chi connectivity index (χ2v) is 5.42. The highest BCUT2D eigenvalue weighted by Crippen LogP contribution is 2.28. The van der Waals surface area contributed by atoms with Gasteiger partial charge in [0.2, 0.25) is 0 Å². The van der Waals surface area contributed by atoms with E-state index in [1.54, 1.807) is 31.2 Å². The standard InChI is InChI=1S/C16H12ClFN2O3/c1-9-15(21)20(16(22)19-9)10-2-4-11(5-3-10)23-12-6-7-14(18)13(17)8-12/h2-9H,1H3,(H,19,22). The van der Waals surface area contributed by atoms with Crippen molar-refractivity contribution in [2.75, 3.05) is 4.90 Å². The largest absolute Gasteiger partial charge is 0.457 e. The highest BCUT2D eigenvalue weighted by Gasteiger charge is 2.36. The number of carbonyl (C=O) groups excluding carboxylic acids is 2. The summed E-state index contributed by atoms with van der Waals surface area (Å²) in [5, 5.41) is 2.50. The van der Waals surface area contributed by atoms with Gasteiger partial charge in [-0.15, -0.1) is 0 Å². The smallest absolute Gasteiger partial charge is 0.329 e. The van der Waals surface area contributed by atoms with E-state index < -0.39 is 17.9 Å². The molecule has 3 amide bonds. The zero-order chi connectivity index (χ0) is 16.6. The molecule has 1 heterocycles. The molecule has 0 radical (unpaired) electrons. The maximum Gasteiger partial charge on any atom is 0.329 e. The minimum absolute atomic E-state index is 0.0348. The van der Waals surface area contributed by atoms with Crippen LogP contribution in [-0.4, -0.2) is 18.0 Å². The topological polar surface area (TPSA) is 58.6 Å². The Balaban J connectivity index is 1.78. The Morgan fingerprint density at radius 1 is 1.13 bits per heavy atom. The van der Waals surface area contributed by atoms with Crippen LogP contribution >= 0.6 is 11.6 Å². The van der Waals surface area contributed by atoms with Crippen molar-refractivity contribution < 1.29 is 18.7 Å². The molecular formula is C16H12ClFN2O3. The average Bonchev–Trinajstić information content (AvgIpc) is 2.77. The number of anilines is 1. The zero-order valence-corrected chi connectivity index (χ0v) is 12.8. The third-order valence-corrected chi connectivity index (χ3v) is 3.65. The summed E-state index contributed by atoms with van der Waals surface area (Å²) >= 11 is 5.69. The Morgan fingerprint density at radius 3 is 2.35 bits per heavy atom. The van der Waals surface area contributed by atoms with Gasteiger partial charge in [-0.2, -0.15) is 0 Å². The first-order chi connectivity index (χ1) is 11.0. The van der Waals surface area contributed by atoms with Gasteiger partial charge >= 0.3 is 6.03 Å². The summed E-state index contributed by atoms with van der Waals surface area (Å²) in [6.45, 7) is 1.62. The molecule has 3 rings (SSSR count). The van der Waals surface area contributed by atoms with Gasteiger partial charge in [-0.3, -0.25) is 4.79 Å². The number of nitrogens with one attached hydrogen (secondary N) is 1. The number of benzene rings is 2. The van der Waals surface area contributed by atoms with Gasteiger partial charge in [0.25, 0.3) is 5.91 Å². The molecular weight excluding hydrogens is 323 g/mol. The number of hydrogen-bond donors (Lipinski definition) is 1. The monoisotopic (exact) mass is 334 g/mol. The molecule has 1 atom stereocenters. The fourth-order valence-electron chi connectivity index (χ4n) is 2.19. The lowest BCUT2D eigenvalue weighted by molar-refractivity contribution is -0.117. The Bertz CT molecular complexity index is 779.